The molecular weight excluding hydrogens is 206 g/mol. The highest BCUT2D eigenvalue weighted by Crippen LogP contribution is 2.13. The maximum Gasteiger partial charge on any atom is 0.198 e. The molecule has 0 amide bonds. The molecule has 1 aromatic carbocycles. The third-order valence-corrected chi connectivity index (χ3v) is 2.26. The standard InChI is InChI=1S/C12H13NO3/c14-6-5-10-8-16-12(13-10)7-9-1-3-11(15)4-2-9/h1-4,8,14-15H,5-7H2. The Labute approximate surface area is 93.2 Å². The normalized spacial score (nSPS) is 10.6. The number of benzene rings is 1. The molecule has 1 aromatic heterocycles. The van der Waals surface area contributed by atoms with E-state index in [1.807, 2.05) is 12.1 Å². The molecule has 0 aliphatic rings. The zero-order valence-corrected chi connectivity index (χ0v) is 8.76. The minimum atomic E-state index is 0.0746. The second-order valence-electron chi connectivity index (χ2n) is 3.55. The number of oxazole rings is 1. The average Bonchev–Trinajstić information content (AvgIpc) is 2.70. The Morgan fingerprint density at radius 3 is 2.62 bits per heavy atom. The maximum absolute atomic E-state index is 9.13. The van der Waals surface area contributed by atoms with E-state index in [0.29, 0.717) is 18.7 Å². The van der Waals surface area contributed by atoms with Crippen LogP contribution in [-0.4, -0.2) is 21.8 Å². The van der Waals surface area contributed by atoms with Gasteiger partial charge in [0.15, 0.2) is 5.89 Å². The predicted octanol–water partition coefficient (Wildman–Crippen LogP) is 1.51. The topological polar surface area (TPSA) is 66.5 Å². The van der Waals surface area contributed by atoms with Crippen LogP contribution < -0.4 is 0 Å². The number of aliphatic hydroxyl groups excluding tert-OH is 1. The number of phenolic OH excluding ortho intramolecular Hbond substituents is 1. The van der Waals surface area contributed by atoms with Gasteiger partial charge in [-0.1, -0.05) is 12.1 Å². The van der Waals surface area contributed by atoms with Crippen molar-refractivity contribution in [3.8, 4) is 5.75 Å². The van der Waals surface area contributed by atoms with Crippen LogP contribution in [0.3, 0.4) is 0 Å². The van der Waals surface area contributed by atoms with Crippen molar-refractivity contribution in [1.29, 1.82) is 0 Å². The Hall–Kier alpha value is -1.81. The highest BCUT2D eigenvalue weighted by molar-refractivity contribution is 5.27. The van der Waals surface area contributed by atoms with Crippen LogP contribution >= 0.6 is 0 Å². The maximum atomic E-state index is 9.13. The molecule has 16 heavy (non-hydrogen) atoms. The van der Waals surface area contributed by atoms with Crippen LogP contribution in [0.25, 0.3) is 0 Å². The summed E-state index contributed by atoms with van der Waals surface area (Å²) in [5.74, 6) is 0.867. The van der Waals surface area contributed by atoms with Gasteiger partial charge in [-0.05, 0) is 17.7 Å². The van der Waals surface area contributed by atoms with E-state index in [0.717, 1.165) is 11.3 Å². The molecule has 0 aliphatic carbocycles. The molecule has 4 heteroatoms. The quantitative estimate of drug-likeness (QED) is 0.817. The van der Waals surface area contributed by atoms with E-state index in [1.165, 1.54) is 0 Å². The first kappa shape index (κ1) is 10.7. The highest BCUT2D eigenvalue weighted by atomic mass is 16.3. The van der Waals surface area contributed by atoms with Crippen molar-refractivity contribution < 1.29 is 14.6 Å². The van der Waals surface area contributed by atoms with Gasteiger partial charge in [-0.25, -0.2) is 4.98 Å². The summed E-state index contributed by atoms with van der Waals surface area (Å²) in [6.07, 6.45) is 2.66. The van der Waals surface area contributed by atoms with Crippen molar-refractivity contribution in [3.63, 3.8) is 0 Å². The molecule has 0 bridgehead atoms. The number of hydrogen-bond acceptors (Lipinski definition) is 4. The summed E-state index contributed by atoms with van der Waals surface area (Å²) >= 11 is 0. The monoisotopic (exact) mass is 219 g/mol. The number of rotatable bonds is 4. The number of phenols is 1. The van der Waals surface area contributed by atoms with Crippen LogP contribution in [0.15, 0.2) is 34.9 Å². The molecular formula is C12H13NO3. The van der Waals surface area contributed by atoms with Crippen molar-refractivity contribution in [3.05, 3.63) is 47.7 Å². The molecule has 0 aliphatic heterocycles. The van der Waals surface area contributed by atoms with Crippen LogP contribution in [0.4, 0.5) is 0 Å². The average molecular weight is 219 g/mol. The van der Waals surface area contributed by atoms with E-state index < -0.39 is 0 Å². The zero-order valence-electron chi connectivity index (χ0n) is 8.76. The number of aliphatic hydroxyl groups is 1. The minimum absolute atomic E-state index is 0.0746. The molecule has 0 atom stereocenters. The van der Waals surface area contributed by atoms with Crippen LogP contribution in [-0.2, 0) is 12.8 Å². The predicted molar refractivity (Wildman–Crippen MR) is 58.2 cm³/mol. The molecule has 2 rings (SSSR count). The lowest BCUT2D eigenvalue weighted by Crippen LogP contribution is -1.92. The van der Waals surface area contributed by atoms with Crippen molar-refractivity contribution in [2.75, 3.05) is 6.61 Å². The van der Waals surface area contributed by atoms with E-state index in [9.17, 15) is 0 Å². The second kappa shape index (κ2) is 4.81. The molecule has 4 nitrogen and oxygen atoms in total. The number of aromatic hydroxyl groups is 1. The smallest absolute Gasteiger partial charge is 0.198 e. The summed E-state index contributed by atoms with van der Waals surface area (Å²) in [6.45, 7) is 0.0746. The molecule has 2 N–H and O–H groups in total. The van der Waals surface area contributed by atoms with Gasteiger partial charge in [0.2, 0.25) is 0 Å². The van der Waals surface area contributed by atoms with Crippen molar-refractivity contribution in [1.82, 2.24) is 4.98 Å². The largest absolute Gasteiger partial charge is 0.508 e. The first-order valence-corrected chi connectivity index (χ1v) is 5.10. The van der Waals surface area contributed by atoms with Gasteiger partial charge in [-0.2, -0.15) is 0 Å². The van der Waals surface area contributed by atoms with E-state index in [4.69, 9.17) is 14.6 Å². The van der Waals surface area contributed by atoms with Crippen LogP contribution in [0.1, 0.15) is 17.1 Å². The van der Waals surface area contributed by atoms with Crippen molar-refractivity contribution in [2.45, 2.75) is 12.8 Å². The molecule has 0 spiro atoms. The Morgan fingerprint density at radius 1 is 1.19 bits per heavy atom. The van der Waals surface area contributed by atoms with Crippen molar-refractivity contribution in [2.24, 2.45) is 0 Å². The van der Waals surface area contributed by atoms with E-state index >= 15 is 0 Å². The lowest BCUT2D eigenvalue weighted by molar-refractivity contribution is 0.298. The fourth-order valence-electron chi connectivity index (χ4n) is 1.45. The summed E-state index contributed by atoms with van der Waals surface area (Å²) in [7, 11) is 0. The highest BCUT2D eigenvalue weighted by Gasteiger charge is 2.04. The van der Waals surface area contributed by atoms with Crippen LogP contribution in [0, 0.1) is 0 Å². The third-order valence-electron chi connectivity index (χ3n) is 2.26. The second-order valence-corrected chi connectivity index (χ2v) is 3.55. The first-order valence-electron chi connectivity index (χ1n) is 5.10. The molecule has 84 valence electrons. The van der Waals surface area contributed by atoms with Gasteiger partial charge in [0.1, 0.15) is 12.0 Å². The lowest BCUT2D eigenvalue weighted by atomic mass is 10.1. The zero-order chi connectivity index (χ0) is 11.4. The number of aromatic nitrogens is 1. The molecule has 2 aromatic rings. The van der Waals surface area contributed by atoms with Gasteiger partial charge < -0.3 is 14.6 Å². The Morgan fingerprint density at radius 2 is 1.94 bits per heavy atom. The van der Waals surface area contributed by atoms with E-state index in [-0.39, 0.29) is 12.4 Å². The first-order chi connectivity index (χ1) is 7.78. The minimum Gasteiger partial charge on any atom is -0.508 e. The summed E-state index contributed by atoms with van der Waals surface area (Å²) < 4.78 is 5.27. The van der Waals surface area contributed by atoms with Gasteiger partial charge in [0.05, 0.1) is 5.69 Å². The van der Waals surface area contributed by atoms with Gasteiger partial charge in [0, 0.05) is 19.4 Å². The lowest BCUT2D eigenvalue weighted by Gasteiger charge is -1.97. The Bertz CT molecular complexity index is 448. The summed E-state index contributed by atoms with van der Waals surface area (Å²) in [5.41, 5.74) is 1.78. The van der Waals surface area contributed by atoms with Gasteiger partial charge in [-0.15, -0.1) is 0 Å². The van der Waals surface area contributed by atoms with E-state index in [1.54, 1.807) is 18.4 Å². The van der Waals surface area contributed by atoms with Crippen LogP contribution in [0.2, 0.25) is 0 Å². The fraction of sp³-hybridized carbons (Fsp3) is 0.250. The van der Waals surface area contributed by atoms with Gasteiger partial charge >= 0.3 is 0 Å². The summed E-state index contributed by atoms with van der Waals surface area (Å²) in [4.78, 5) is 4.23. The van der Waals surface area contributed by atoms with Crippen LogP contribution in [0.5, 0.6) is 5.75 Å². The van der Waals surface area contributed by atoms with Gasteiger partial charge in [-0.3, -0.25) is 0 Å². The molecule has 0 unspecified atom stereocenters. The molecule has 0 saturated carbocycles. The van der Waals surface area contributed by atoms with Gasteiger partial charge in [0.25, 0.3) is 0 Å². The molecule has 0 fully saturated rings. The molecule has 0 radical (unpaired) electrons. The Kier molecular flexibility index (Phi) is 3.22. The number of hydrogen-bond donors (Lipinski definition) is 2. The SMILES string of the molecule is OCCc1coc(Cc2ccc(O)cc2)n1. The van der Waals surface area contributed by atoms with Crippen molar-refractivity contribution >= 4 is 0 Å². The third kappa shape index (κ3) is 2.61. The number of nitrogens with zero attached hydrogens (tertiary/aromatic N) is 1. The molecule has 1 heterocycles. The summed E-state index contributed by atoms with van der Waals surface area (Å²) in [5, 5.41) is 17.9. The summed E-state index contributed by atoms with van der Waals surface area (Å²) in [6, 6.07) is 6.91. The fourth-order valence-corrected chi connectivity index (χ4v) is 1.45. The Balaban J connectivity index is 2.05. The van der Waals surface area contributed by atoms with E-state index in [2.05, 4.69) is 4.98 Å². The molecule has 0 saturated heterocycles.